The quantitative estimate of drug-likeness (QED) is 0.456. The first kappa shape index (κ1) is 21.0. The van der Waals surface area contributed by atoms with Gasteiger partial charge in [0.05, 0.1) is 16.3 Å². The maximum absolute atomic E-state index is 13.5. The van der Waals surface area contributed by atoms with E-state index in [9.17, 15) is 18.0 Å². The fourth-order valence-electron chi connectivity index (χ4n) is 4.21. The molecule has 0 amide bonds. The molecule has 0 saturated carbocycles. The maximum atomic E-state index is 13.5. The Bertz CT molecular complexity index is 1610. The molecule has 0 fully saturated rings. The number of rotatable bonds is 4. The van der Waals surface area contributed by atoms with E-state index < -0.39 is 21.3 Å². The smallest absolute Gasteiger partial charge is 0.301 e. The van der Waals surface area contributed by atoms with Crippen LogP contribution in [0.1, 0.15) is 12.0 Å². The molecule has 0 bridgehead atoms. The first-order valence-electron chi connectivity index (χ1n) is 10.4. The van der Waals surface area contributed by atoms with Gasteiger partial charge in [0.15, 0.2) is 0 Å². The number of anilines is 1. The molecule has 9 nitrogen and oxygen atoms in total. The van der Waals surface area contributed by atoms with Crippen LogP contribution in [-0.4, -0.2) is 31.6 Å². The highest BCUT2D eigenvalue weighted by atomic mass is 32.2. The summed E-state index contributed by atoms with van der Waals surface area (Å²) in [6.45, 7) is 0.355. The summed E-state index contributed by atoms with van der Waals surface area (Å²) in [5.41, 5.74) is 0.872. The normalized spacial score (nSPS) is 13.7. The second-order valence-electron chi connectivity index (χ2n) is 7.66. The molecule has 2 aromatic heterocycles. The van der Waals surface area contributed by atoms with Gasteiger partial charge in [-0.15, -0.1) is 0 Å². The van der Waals surface area contributed by atoms with Gasteiger partial charge >= 0.3 is 16.8 Å². The Balaban J connectivity index is 1.67. The number of nitrogens with one attached hydrogen (secondary N) is 1. The number of nitrogens with zero attached hydrogens (tertiary/aromatic N) is 3. The number of benzene rings is 2. The molecule has 1 aliphatic heterocycles. The Morgan fingerprint density at radius 2 is 1.85 bits per heavy atom. The summed E-state index contributed by atoms with van der Waals surface area (Å²) >= 11 is 0. The number of aromatic nitrogens is 3. The predicted octanol–water partition coefficient (Wildman–Crippen LogP) is 1.17. The van der Waals surface area contributed by atoms with Gasteiger partial charge in [0.1, 0.15) is 12.6 Å². The molecule has 1 aliphatic rings. The van der Waals surface area contributed by atoms with E-state index in [2.05, 4.69) is 4.98 Å². The minimum Gasteiger partial charge on any atom is -0.301 e. The van der Waals surface area contributed by atoms with E-state index in [1.54, 1.807) is 24.4 Å². The molecule has 3 heterocycles. The summed E-state index contributed by atoms with van der Waals surface area (Å²) in [5, 5.41) is 0. The van der Waals surface area contributed by atoms with Crippen LogP contribution in [0.25, 0.3) is 16.7 Å². The van der Waals surface area contributed by atoms with Crippen molar-refractivity contribution in [2.45, 2.75) is 17.7 Å². The van der Waals surface area contributed by atoms with Crippen molar-refractivity contribution in [2.24, 2.45) is 0 Å². The van der Waals surface area contributed by atoms with Crippen LogP contribution in [0.2, 0.25) is 0 Å². The highest BCUT2D eigenvalue weighted by Crippen LogP contribution is 2.32. The van der Waals surface area contributed by atoms with Crippen LogP contribution in [-0.2, 0) is 16.4 Å². The molecule has 2 aromatic carbocycles. The van der Waals surface area contributed by atoms with E-state index >= 15 is 0 Å². The van der Waals surface area contributed by atoms with Crippen molar-refractivity contribution in [2.75, 3.05) is 18.0 Å². The number of aromatic amines is 1. The third kappa shape index (κ3) is 3.39. The lowest BCUT2D eigenvalue weighted by Gasteiger charge is -2.30. The molecule has 0 aliphatic carbocycles. The van der Waals surface area contributed by atoms with Gasteiger partial charge in [-0.05, 0) is 48.7 Å². The Labute approximate surface area is 189 Å². The molecule has 0 atom stereocenters. The van der Waals surface area contributed by atoms with E-state index in [-0.39, 0.29) is 16.1 Å². The zero-order valence-electron chi connectivity index (χ0n) is 17.8. The van der Waals surface area contributed by atoms with Crippen molar-refractivity contribution in [3.63, 3.8) is 0 Å². The van der Waals surface area contributed by atoms with Crippen molar-refractivity contribution in [1.82, 2.24) is 9.55 Å². The largest absolute Gasteiger partial charge is 0.345 e. The molecule has 0 unspecified atom stereocenters. The molecule has 168 valence electrons. The van der Waals surface area contributed by atoms with Gasteiger partial charge in [-0.1, -0.05) is 24.3 Å². The average Bonchev–Trinajstić information content (AvgIpc) is 2.83. The van der Waals surface area contributed by atoms with Crippen LogP contribution < -0.4 is 25.1 Å². The molecular formula is C23H21N4O5S+. The number of para-hydroxylation sites is 1. The lowest BCUT2D eigenvalue weighted by molar-refractivity contribution is -0.865. The van der Waals surface area contributed by atoms with Crippen molar-refractivity contribution in [3.05, 3.63) is 93.3 Å². The lowest BCUT2D eigenvalue weighted by Crippen LogP contribution is -2.47. The maximum Gasteiger partial charge on any atom is 0.345 e. The van der Waals surface area contributed by atoms with Crippen LogP contribution in [0.3, 0.4) is 0 Å². The minimum absolute atomic E-state index is 0.00391. The summed E-state index contributed by atoms with van der Waals surface area (Å²) < 4.78 is 30.6. The molecule has 0 saturated heterocycles. The van der Waals surface area contributed by atoms with Gasteiger partial charge in [0.25, 0.3) is 10.0 Å². The highest BCUT2D eigenvalue weighted by molar-refractivity contribution is 7.92. The number of H-pyrrole nitrogens is 1. The van der Waals surface area contributed by atoms with E-state index in [1.165, 1.54) is 40.4 Å². The Kier molecular flexibility index (Phi) is 5.01. The summed E-state index contributed by atoms with van der Waals surface area (Å²) in [5.74, 6) is 0. The Morgan fingerprint density at radius 1 is 1.03 bits per heavy atom. The third-order valence-corrected chi connectivity index (χ3v) is 7.55. The van der Waals surface area contributed by atoms with E-state index in [1.807, 2.05) is 18.2 Å². The number of fused-ring (bicyclic) bond motifs is 2. The van der Waals surface area contributed by atoms with Crippen molar-refractivity contribution in [1.29, 1.82) is 0 Å². The van der Waals surface area contributed by atoms with Gasteiger partial charge in [-0.25, -0.2) is 17.8 Å². The number of pyridine rings is 1. The molecule has 1 N–H and O–H groups in total. The number of aryl methyl sites for hydroxylation is 1. The van der Waals surface area contributed by atoms with Gasteiger partial charge in [0.2, 0.25) is 6.20 Å². The molecule has 4 aromatic rings. The first-order chi connectivity index (χ1) is 15.9. The molecule has 0 spiro atoms. The molecule has 5 rings (SSSR count). The van der Waals surface area contributed by atoms with Gasteiger partial charge < -0.3 is 4.98 Å². The molecular weight excluding hydrogens is 444 g/mol. The van der Waals surface area contributed by atoms with Crippen molar-refractivity contribution >= 4 is 26.7 Å². The average molecular weight is 466 g/mol. The van der Waals surface area contributed by atoms with Crippen LogP contribution in [0.4, 0.5) is 5.69 Å². The van der Waals surface area contributed by atoms with Gasteiger partial charge in [-0.2, -0.15) is 0 Å². The van der Waals surface area contributed by atoms with Crippen LogP contribution in [0.5, 0.6) is 0 Å². The standard InChI is InChI=1S/C23H20N4O5S/c1-32-25-13-6-11-19-21(25)22(28)27(23(29)24-19)17-9-4-10-18(15-17)33(30,31)26-14-5-8-16-7-2-3-12-20(16)26/h2-4,6-7,9-13,15H,5,8,14H2,1H3/p+1. The zero-order chi connectivity index (χ0) is 23.2. The number of sulfonamides is 1. The summed E-state index contributed by atoms with van der Waals surface area (Å²) in [6.07, 6.45) is 3.06. The van der Waals surface area contributed by atoms with Crippen LogP contribution in [0.15, 0.2) is 81.3 Å². The fourth-order valence-corrected chi connectivity index (χ4v) is 5.80. The summed E-state index contributed by atoms with van der Waals surface area (Å²) in [4.78, 5) is 33.9. The first-order valence-corrected chi connectivity index (χ1v) is 11.8. The van der Waals surface area contributed by atoms with Gasteiger partial charge in [-0.3, -0.25) is 13.9 Å². The second kappa shape index (κ2) is 7.89. The number of hydrogen-bond acceptors (Lipinski definition) is 5. The third-order valence-electron chi connectivity index (χ3n) is 5.74. The van der Waals surface area contributed by atoms with Gasteiger partial charge in [0, 0.05) is 17.3 Å². The van der Waals surface area contributed by atoms with Crippen molar-refractivity contribution in [3.8, 4) is 5.69 Å². The minimum atomic E-state index is -3.91. The van der Waals surface area contributed by atoms with E-state index in [4.69, 9.17) is 4.84 Å². The molecule has 10 heteroatoms. The topological polar surface area (TPSA) is 105 Å². The Hall–Kier alpha value is -3.92. The van der Waals surface area contributed by atoms with Crippen LogP contribution in [0, 0.1) is 0 Å². The molecule has 33 heavy (non-hydrogen) atoms. The fraction of sp³-hybridized carbons (Fsp3) is 0.174. The zero-order valence-corrected chi connectivity index (χ0v) is 18.6. The SMILES string of the molecule is CO[n+]1cccc2[nH]c(=O)n(-c3cccc(S(=O)(=O)N4CCCc5ccccc54)c3)c(=O)c21. The predicted molar refractivity (Wildman–Crippen MR) is 122 cm³/mol. The molecule has 0 radical (unpaired) electrons. The van der Waals surface area contributed by atoms with Crippen LogP contribution >= 0.6 is 0 Å². The summed E-state index contributed by atoms with van der Waals surface area (Å²) in [6, 6.07) is 16.5. The Morgan fingerprint density at radius 3 is 2.67 bits per heavy atom. The lowest BCUT2D eigenvalue weighted by atomic mass is 10.0. The highest BCUT2D eigenvalue weighted by Gasteiger charge is 2.29. The van der Waals surface area contributed by atoms with Crippen molar-refractivity contribution < 1.29 is 18.0 Å². The monoisotopic (exact) mass is 465 g/mol. The second-order valence-corrected chi connectivity index (χ2v) is 9.52. The van der Waals surface area contributed by atoms with E-state index in [0.29, 0.717) is 24.2 Å². The number of hydrogen-bond donors (Lipinski definition) is 1. The van der Waals surface area contributed by atoms with E-state index in [0.717, 1.165) is 16.6 Å². The summed E-state index contributed by atoms with van der Waals surface area (Å²) in [7, 11) is -2.51.